The highest BCUT2D eigenvalue weighted by Crippen LogP contribution is 2.16. The molecule has 0 heterocycles. The molecule has 0 radical (unpaired) electrons. The fourth-order valence-electron chi connectivity index (χ4n) is 1.47. The van der Waals surface area contributed by atoms with E-state index in [1.54, 1.807) is 12.1 Å². The van der Waals surface area contributed by atoms with Crippen LogP contribution >= 0.6 is 23.2 Å². The second-order valence-electron chi connectivity index (χ2n) is 4.10. The molecule has 1 rings (SSSR count). The van der Waals surface area contributed by atoms with Crippen LogP contribution in [0.4, 0.5) is 0 Å². The topological polar surface area (TPSA) is 52.6 Å². The third-order valence-electron chi connectivity index (χ3n) is 2.12. The Morgan fingerprint density at radius 2 is 1.65 bits per heavy atom. The molecule has 0 amide bonds. The lowest BCUT2D eigenvalue weighted by atomic mass is 10.1. The van der Waals surface area contributed by atoms with Crippen molar-refractivity contribution in [2.24, 2.45) is 0 Å². The van der Waals surface area contributed by atoms with Crippen LogP contribution in [-0.2, 0) is 14.3 Å². The van der Waals surface area contributed by atoms with Crippen LogP contribution in [0.5, 0.6) is 5.75 Å². The van der Waals surface area contributed by atoms with Crippen molar-refractivity contribution in [3.63, 3.8) is 0 Å². The Morgan fingerprint density at radius 3 is 2.20 bits per heavy atom. The number of halogens is 2. The molecule has 0 saturated heterocycles. The fraction of sp³-hybridized carbons (Fsp3) is 0.286. The molecule has 108 valence electrons. The maximum Gasteiger partial charge on any atom is 0.336 e. The number of carbonyl (C=O) groups is 2. The molecule has 6 heteroatoms. The van der Waals surface area contributed by atoms with Gasteiger partial charge in [-0.3, -0.25) is 0 Å². The summed E-state index contributed by atoms with van der Waals surface area (Å²) in [5, 5.41) is 0. The highest BCUT2D eigenvalue weighted by atomic mass is 35.5. The number of benzene rings is 1. The predicted molar refractivity (Wildman–Crippen MR) is 77.1 cm³/mol. The average Bonchev–Trinajstić information content (AvgIpc) is 2.32. The number of esters is 2. The van der Waals surface area contributed by atoms with E-state index in [9.17, 15) is 9.59 Å². The minimum Gasteiger partial charge on any atom is -0.460 e. The zero-order valence-electron chi connectivity index (χ0n) is 11.1. The third-order valence-corrected chi connectivity index (χ3v) is 2.37. The van der Waals surface area contributed by atoms with Crippen molar-refractivity contribution < 1.29 is 19.1 Å². The van der Waals surface area contributed by atoms with E-state index in [-0.39, 0.29) is 6.61 Å². The number of ether oxygens (including phenoxy) is 2. The zero-order chi connectivity index (χ0) is 15.1. The minimum atomic E-state index is -0.797. The van der Waals surface area contributed by atoms with Crippen LogP contribution in [0.3, 0.4) is 0 Å². The number of carbonyl (C=O) groups excluding carboxylic acids is 2. The van der Waals surface area contributed by atoms with E-state index in [2.05, 4.69) is 4.74 Å². The van der Waals surface area contributed by atoms with E-state index in [1.807, 2.05) is 19.9 Å². The van der Waals surface area contributed by atoms with Gasteiger partial charge >= 0.3 is 11.9 Å². The first-order valence-corrected chi connectivity index (χ1v) is 6.67. The molecule has 0 spiro atoms. The lowest BCUT2D eigenvalue weighted by Gasteiger charge is -2.04. The Labute approximate surface area is 127 Å². The Morgan fingerprint density at radius 1 is 1.10 bits per heavy atom. The highest BCUT2D eigenvalue weighted by Gasteiger charge is 2.05. The van der Waals surface area contributed by atoms with Crippen LogP contribution in [0.25, 0.3) is 0 Å². The van der Waals surface area contributed by atoms with Gasteiger partial charge in [-0.05, 0) is 37.1 Å². The van der Waals surface area contributed by atoms with Gasteiger partial charge in [-0.1, -0.05) is 6.07 Å². The largest absolute Gasteiger partial charge is 0.460 e. The number of alkyl halides is 2. The molecule has 0 unspecified atom stereocenters. The third kappa shape index (κ3) is 6.59. The molecule has 0 N–H and O–H groups in total. The number of hydrogen-bond acceptors (Lipinski definition) is 4. The molecule has 0 aromatic heterocycles. The standard InChI is InChI=1S/C14H14Cl2O4/c1-9-5-10(2)7-11(6-9)20-14(18)4-3-13(17)19-8-12(15)16/h3-7,12H,8H2,1-2H3/b4-3+. The Hall–Kier alpha value is -1.52. The van der Waals surface area contributed by atoms with Crippen LogP contribution in [0.15, 0.2) is 30.4 Å². The second-order valence-corrected chi connectivity index (χ2v) is 5.38. The van der Waals surface area contributed by atoms with Gasteiger partial charge in [0.05, 0.1) is 0 Å². The number of rotatable bonds is 5. The van der Waals surface area contributed by atoms with Crippen molar-refractivity contribution in [1.82, 2.24) is 0 Å². The van der Waals surface area contributed by atoms with Crippen LogP contribution in [0.1, 0.15) is 11.1 Å². The van der Waals surface area contributed by atoms with Gasteiger partial charge in [0.25, 0.3) is 0 Å². The Balaban J connectivity index is 2.52. The van der Waals surface area contributed by atoms with E-state index in [4.69, 9.17) is 27.9 Å². The summed E-state index contributed by atoms with van der Waals surface area (Å²) in [4.78, 5) is 21.9. The normalized spacial score (nSPS) is 10.8. The van der Waals surface area contributed by atoms with Crippen molar-refractivity contribution in [2.45, 2.75) is 18.7 Å². The molecule has 20 heavy (non-hydrogen) atoms. The van der Waals surface area contributed by atoms with Crippen molar-refractivity contribution in [3.05, 3.63) is 41.5 Å². The fourth-order valence-corrected chi connectivity index (χ4v) is 1.60. The summed E-state index contributed by atoms with van der Waals surface area (Å²) in [5.74, 6) is -0.957. The van der Waals surface area contributed by atoms with Gasteiger partial charge in [0.2, 0.25) is 0 Å². The molecule has 0 fully saturated rings. The zero-order valence-corrected chi connectivity index (χ0v) is 12.6. The average molecular weight is 317 g/mol. The lowest BCUT2D eigenvalue weighted by molar-refractivity contribution is -0.138. The summed E-state index contributed by atoms with van der Waals surface area (Å²) in [6, 6.07) is 5.41. The maximum atomic E-state index is 11.5. The first-order chi connectivity index (χ1) is 9.36. The molecule has 0 aliphatic rings. The molecular formula is C14H14Cl2O4. The highest BCUT2D eigenvalue weighted by molar-refractivity contribution is 6.44. The lowest BCUT2D eigenvalue weighted by Crippen LogP contribution is -2.09. The monoisotopic (exact) mass is 316 g/mol. The smallest absolute Gasteiger partial charge is 0.336 e. The van der Waals surface area contributed by atoms with Gasteiger partial charge in [0.1, 0.15) is 17.2 Å². The quantitative estimate of drug-likeness (QED) is 0.362. The molecule has 0 bridgehead atoms. The Kier molecular flexibility index (Phi) is 6.55. The van der Waals surface area contributed by atoms with Gasteiger partial charge in [0, 0.05) is 12.2 Å². The molecule has 0 aliphatic carbocycles. The minimum absolute atomic E-state index is 0.140. The first kappa shape index (κ1) is 16.5. The van der Waals surface area contributed by atoms with E-state index in [0.29, 0.717) is 5.75 Å². The van der Waals surface area contributed by atoms with Crippen molar-refractivity contribution in [3.8, 4) is 5.75 Å². The molecule has 0 aliphatic heterocycles. The van der Waals surface area contributed by atoms with Crippen LogP contribution < -0.4 is 4.74 Å². The van der Waals surface area contributed by atoms with E-state index < -0.39 is 16.8 Å². The predicted octanol–water partition coefficient (Wildman–Crippen LogP) is 3.11. The van der Waals surface area contributed by atoms with Crippen LogP contribution in [-0.4, -0.2) is 23.4 Å². The van der Waals surface area contributed by atoms with E-state index >= 15 is 0 Å². The summed E-state index contributed by atoms with van der Waals surface area (Å²) in [6.07, 6.45) is 1.94. The number of hydrogen-bond donors (Lipinski definition) is 0. The molecule has 4 nitrogen and oxygen atoms in total. The van der Waals surface area contributed by atoms with Gasteiger partial charge < -0.3 is 9.47 Å². The van der Waals surface area contributed by atoms with Gasteiger partial charge in [-0.2, -0.15) is 0 Å². The molecule has 0 atom stereocenters. The summed E-state index contributed by atoms with van der Waals surface area (Å²) < 4.78 is 9.71. The van der Waals surface area contributed by atoms with Crippen LogP contribution in [0.2, 0.25) is 0 Å². The van der Waals surface area contributed by atoms with E-state index in [1.165, 1.54) is 0 Å². The summed E-state index contributed by atoms with van der Waals surface area (Å²) in [7, 11) is 0. The van der Waals surface area contributed by atoms with E-state index in [0.717, 1.165) is 23.3 Å². The van der Waals surface area contributed by atoms with Crippen molar-refractivity contribution >= 4 is 35.1 Å². The van der Waals surface area contributed by atoms with Gasteiger partial charge in [-0.15, -0.1) is 23.2 Å². The second kappa shape index (κ2) is 7.92. The summed E-state index contributed by atoms with van der Waals surface area (Å²) in [6.45, 7) is 3.65. The molecule has 1 aromatic carbocycles. The maximum absolute atomic E-state index is 11.5. The molecular weight excluding hydrogens is 303 g/mol. The number of aryl methyl sites for hydroxylation is 2. The van der Waals surface area contributed by atoms with Crippen LogP contribution in [0, 0.1) is 13.8 Å². The SMILES string of the molecule is Cc1cc(C)cc(OC(=O)/C=C/C(=O)OCC(Cl)Cl)c1. The summed E-state index contributed by atoms with van der Waals surface area (Å²) in [5.41, 5.74) is 1.96. The van der Waals surface area contributed by atoms with Crippen molar-refractivity contribution in [1.29, 1.82) is 0 Å². The van der Waals surface area contributed by atoms with Crippen molar-refractivity contribution in [2.75, 3.05) is 6.61 Å². The summed E-state index contributed by atoms with van der Waals surface area (Å²) >= 11 is 10.8. The van der Waals surface area contributed by atoms with Gasteiger partial charge in [0.15, 0.2) is 0 Å². The van der Waals surface area contributed by atoms with Gasteiger partial charge in [-0.25, -0.2) is 9.59 Å². The Bertz CT molecular complexity index is 504. The first-order valence-electron chi connectivity index (χ1n) is 5.80. The molecule has 0 saturated carbocycles. The molecule has 1 aromatic rings.